The Balaban J connectivity index is 1.48. The molecule has 0 radical (unpaired) electrons. The van der Waals surface area contributed by atoms with Gasteiger partial charge in [-0.05, 0) is 26.2 Å². The van der Waals surface area contributed by atoms with E-state index in [1.807, 2.05) is 23.9 Å². The van der Waals surface area contributed by atoms with E-state index in [9.17, 15) is 0 Å². The van der Waals surface area contributed by atoms with Crippen LogP contribution in [0.15, 0.2) is 24.7 Å². The largest absolute Gasteiger partial charge is 0.475 e. The van der Waals surface area contributed by atoms with Crippen molar-refractivity contribution in [2.24, 2.45) is 0 Å². The first-order valence-corrected chi connectivity index (χ1v) is 10.7. The van der Waals surface area contributed by atoms with Gasteiger partial charge in [0.1, 0.15) is 12.3 Å². The van der Waals surface area contributed by atoms with Crippen molar-refractivity contribution < 1.29 is 24.1 Å². The van der Waals surface area contributed by atoms with E-state index in [0.717, 1.165) is 48.0 Å². The van der Waals surface area contributed by atoms with Crippen molar-refractivity contribution in [3.05, 3.63) is 24.7 Å². The zero-order valence-electron chi connectivity index (χ0n) is 17.7. The molecule has 0 saturated carbocycles. The van der Waals surface area contributed by atoms with Gasteiger partial charge in [-0.15, -0.1) is 0 Å². The maximum atomic E-state index is 8.70. The maximum Gasteiger partial charge on any atom is 0.214 e. The molecule has 3 aromatic rings. The van der Waals surface area contributed by atoms with Gasteiger partial charge in [-0.1, -0.05) is 0 Å². The number of hydrogen-bond acceptors (Lipinski definition) is 8. The summed E-state index contributed by atoms with van der Waals surface area (Å²) in [4.78, 5) is 4.48. The van der Waals surface area contributed by atoms with Gasteiger partial charge in [-0.2, -0.15) is 10.2 Å². The minimum absolute atomic E-state index is 0.0110. The highest BCUT2D eigenvalue weighted by Crippen LogP contribution is 2.33. The summed E-state index contributed by atoms with van der Waals surface area (Å²) < 4.78 is 24.6. The molecule has 3 aromatic heterocycles. The number of aliphatic hydroxyl groups excluding tert-OH is 1. The molecule has 1 aliphatic rings. The second kappa shape index (κ2) is 10.7. The summed E-state index contributed by atoms with van der Waals surface area (Å²) in [5, 5.41) is 21.4. The van der Waals surface area contributed by atoms with Crippen LogP contribution in [0.5, 0.6) is 5.88 Å². The molecule has 168 valence electrons. The number of pyridine rings is 1. The van der Waals surface area contributed by atoms with E-state index in [1.165, 1.54) is 0 Å². The molecule has 0 bridgehead atoms. The second-order valence-electron chi connectivity index (χ2n) is 7.47. The van der Waals surface area contributed by atoms with Crippen molar-refractivity contribution in [2.45, 2.75) is 38.5 Å². The fourth-order valence-electron chi connectivity index (χ4n) is 3.55. The minimum Gasteiger partial charge on any atom is -0.475 e. The number of nitrogens with zero attached hydrogens (tertiary/aromatic N) is 4. The molecule has 2 atom stereocenters. The Morgan fingerprint density at radius 3 is 3.00 bits per heavy atom. The van der Waals surface area contributed by atoms with Crippen LogP contribution in [-0.4, -0.2) is 75.8 Å². The van der Waals surface area contributed by atoms with Crippen LogP contribution in [0, 0.1) is 0 Å². The van der Waals surface area contributed by atoms with Crippen molar-refractivity contribution >= 4 is 10.9 Å². The van der Waals surface area contributed by atoms with Crippen molar-refractivity contribution in [3.63, 3.8) is 0 Å². The summed E-state index contributed by atoms with van der Waals surface area (Å²) in [7, 11) is 0. The summed E-state index contributed by atoms with van der Waals surface area (Å²) >= 11 is 0. The van der Waals surface area contributed by atoms with Crippen LogP contribution in [0.4, 0.5) is 0 Å². The smallest absolute Gasteiger partial charge is 0.214 e. The molecule has 4 heterocycles. The fourth-order valence-corrected chi connectivity index (χ4v) is 3.55. The van der Waals surface area contributed by atoms with Crippen molar-refractivity contribution in [1.29, 1.82) is 0 Å². The number of rotatable bonds is 11. The molecule has 4 rings (SSSR count). The third-order valence-corrected chi connectivity index (χ3v) is 5.10. The molecule has 1 aliphatic heterocycles. The number of aromatic nitrogens is 5. The lowest BCUT2D eigenvalue weighted by Crippen LogP contribution is -2.21. The van der Waals surface area contributed by atoms with Crippen LogP contribution < -0.4 is 4.74 Å². The van der Waals surface area contributed by atoms with E-state index in [2.05, 4.69) is 15.2 Å². The maximum absolute atomic E-state index is 8.70. The number of nitrogens with one attached hydrogen (secondary N) is 1. The van der Waals surface area contributed by atoms with Gasteiger partial charge >= 0.3 is 0 Å². The zero-order valence-corrected chi connectivity index (χ0v) is 17.7. The predicted octanol–water partition coefficient (Wildman–Crippen LogP) is 2.31. The Morgan fingerprint density at radius 2 is 2.23 bits per heavy atom. The van der Waals surface area contributed by atoms with Gasteiger partial charge < -0.3 is 24.1 Å². The average molecular weight is 431 g/mol. The number of ether oxygens (including phenoxy) is 4. The molecular formula is C21H29N5O5. The molecule has 10 heteroatoms. The lowest BCUT2D eigenvalue weighted by atomic mass is 10.1. The van der Waals surface area contributed by atoms with Gasteiger partial charge in [-0.25, -0.2) is 9.67 Å². The Kier molecular flexibility index (Phi) is 7.47. The minimum atomic E-state index is -0.123. The molecule has 2 N–H and O–H groups in total. The Hall–Kier alpha value is -2.53. The van der Waals surface area contributed by atoms with Gasteiger partial charge in [0.2, 0.25) is 5.88 Å². The quantitative estimate of drug-likeness (QED) is 0.444. The molecule has 0 aliphatic carbocycles. The second-order valence-corrected chi connectivity index (χ2v) is 7.47. The Bertz CT molecular complexity index is 939. The summed E-state index contributed by atoms with van der Waals surface area (Å²) in [5.74, 6) is 0.508. The highest BCUT2D eigenvalue weighted by atomic mass is 16.6. The van der Waals surface area contributed by atoms with Crippen LogP contribution in [0.2, 0.25) is 0 Å². The topological polar surface area (TPSA) is 117 Å². The summed E-state index contributed by atoms with van der Waals surface area (Å²) in [6.45, 7) is 4.24. The van der Waals surface area contributed by atoms with E-state index in [1.54, 1.807) is 12.4 Å². The van der Waals surface area contributed by atoms with Gasteiger partial charge in [0, 0.05) is 29.8 Å². The first kappa shape index (κ1) is 21.7. The Labute approximate surface area is 180 Å². The van der Waals surface area contributed by atoms with Crippen molar-refractivity contribution in [3.8, 4) is 17.1 Å². The normalized spacial score (nSPS) is 17.8. The van der Waals surface area contributed by atoms with E-state index >= 15 is 0 Å². The van der Waals surface area contributed by atoms with Crippen LogP contribution >= 0.6 is 0 Å². The van der Waals surface area contributed by atoms with E-state index < -0.39 is 0 Å². The molecule has 1 fully saturated rings. The first-order valence-electron chi connectivity index (χ1n) is 10.7. The lowest BCUT2D eigenvalue weighted by Gasteiger charge is -2.23. The van der Waals surface area contributed by atoms with Gasteiger partial charge in [0.15, 0.2) is 6.23 Å². The third-order valence-electron chi connectivity index (χ3n) is 5.10. The number of H-pyrrole nitrogens is 1. The van der Waals surface area contributed by atoms with Crippen LogP contribution in [-0.2, 0) is 14.2 Å². The highest BCUT2D eigenvalue weighted by Gasteiger charge is 2.23. The molecule has 0 spiro atoms. The van der Waals surface area contributed by atoms with Crippen LogP contribution in [0.1, 0.15) is 32.4 Å². The summed E-state index contributed by atoms with van der Waals surface area (Å²) in [6.07, 6.45) is 8.27. The molecule has 0 aromatic carbocycles. The highest BCUT2D eigenvalue weighted by molar-refractivity contribution is 5.93. The van der Waals surface area contributed by atoms with Crippen molar-refractivity contribution in [1.82, 2.24) is 25.0 Å². The fraction of sp³-hybridized carbons (Fsp3) is 0.571. The van der Waals surface area contributed by atoms with Crippen LogP contribution in [0.25, 0.3) is 22.2 Å². The zero-order chi connectivity index (χ0) is 21.5. The van der Waals surface area contributed by atoms with E-state index in [0.29, 0.717) is 32.3 Å². The van der Waals surface area contributed by atoms with Gasteiger partial charge in [0.05, 0.1) is 50.4 Å². The number of aromatic amines is 1. The number of fused-ring (bicyclic) bond motifs is 1. The molecular weight excluding hydrogens is 402 g/mol. The van der Waals surface area contributed by atoms with E-state index in [4.69, 9.17) is 29.2 Å². The summed E-state index contributed by atoms with van der Waals surface area (Å²) in [6, 6.07) is 1.90. The molecule has 2 unspecified atom stereocenters. The first-order chi connectivity index (χ1) is 15.3. The molecule has 1 saturated heterocycles. The SMILES string of the molecule is CC(COc1cc2c(-c3cn[nH]c3)nn(C3CCCCO3)c2cn1)OCCOCCO. The summed E-state index contributed by atoms with van der Waals surface area (Å²) in [5.41, 5.74) is 2.62. The standard InChI is InChI=1S/C21H29N5O5/c1-15(29-9-8-28-7-5-27)14-31-19-10-17-18(13-22-19)26(20-4-2-3-6-30-20)25-21(17)16-11-23-24-12-16/h10-13,15,20,27H,2-9,14H2,1H3,(H,23,24). The van der Waals surface area contributed by atoms with Gasteiger partial charge in [0.25, 0.3) is 0 Å². The lowest BCUT2D eigenvalue weighted by molar-refractivity contribution is -0.0365. The average Bonchev–Trinajstić information content (AvgIpc) is 3.46. The predicted molar refractivity (Wildman–Crippen MR) is 113 cm³/mol. The Morgan fingerprint density at radius 1 is 1.29 bits per heavy atom. The van der Waals surface area contributed by atoms with Gasteiger partial charge in [-0.3, -0.25) is 5.10 Å². The molecule has 0 amide bonds. The monoisotopic (exact) mass is 431 g/mol. The number of hydrogen-bond donors (Lipinski definition) is 2. The van der Waals surface area contributed by atoms with E-state index in [-0.39, 0.29) is 18.9 Å². The molecule has 31 heavy (non-hydrogen) atoms. The molecule has 10 nitrogen and oxygen atoms in total. The third kappa shape index (κ3) is 5.40. The van der Waals surface area contributed by atoms with Crippen LogP contribution in [0.3, 0.4) is 0 Å². The van der Waals surface area contributed by atoms with Crippen molar-refractivity contribution in [2.75, 3.05) is 39.6 Å². The number of aliphatic hydroxyl groups is 1.